The van der Waals surface area contributed by atoms with Crippen LogP contribution >= 0.6 is 0 Å². The first-order valence-electron chi connectivity index (χ1n) is 7.43. The lowest BCUT2D eigenvalue weighted by molar-refractivity contribution is 0.313. The molecule has 2 aromatic heterocycles. The first kappa shape index (κ1) is 13.1. The molecule has 0 unspecified atom stereocenters. The monoisotopic (exact) mass is 297 g/mol. The van der Waals surface area contributed by atoms with Crippen LogP contribution in [0, 0.1) is 0 Å². The number of nitrogens with two attached hydrogens (primary N) is 1. The molecular formula is C15H19N7. The third-order valence-electron chi connectivity index (χ3n) is 4.24. The smallest absolute Gasteiger partial charge is 0.158 e. The fourth-order valence-electron chi connectivity index (χ4n) is 2.86. The fraction of sp³-hybridized carbons (Fsp3) is 0.333. The summed E-state index contributed by atoms with van der Waals surface area (Å²) in [6, 6.07) is 6.34. The van der Waals surface area contributed by atoms with Crippen molar-refractivity contribution in [2.45, 2.75) is 0 Å². The van der Waals surface area contributed by atoms with Crippen LogP contribution in [0.3, 0.4) is 0 Å². The highest BCUT2D eigenvalue weighted by Crippen LogP contribution is 2.26. The van der Waals surface area contributed by atoms with E-state index in [-0.39, 0.29) is 0 Å². The molecule has 0 atom stereocenters. The molecule has 0 radical (unpaired) electrons. The van der Waals surface area contributed by atoms with Gasteiger partial charge in [-0.25, -0.2) is 4.98 Å². The van der Waals surface area contributed by atoms with Gasteiger partial charge >= 0.3 is 0 Å². The van der Waals surface area contributed by atoms with Crippen molar-refractivity contribution >= 4 is 22.4 Å². The molecule has 3 aromatic rings. The van der Waals surface area contributed by atoms with E-state index in [4.69, 9.17) is 5.73 Å². The second-order valence-corrected chi connectivity index (χ2v) is 5.78. The number of rotatable bonds is 2. The van der Waals surface area contributed by atoms with Gasteiger partial charge in [-0.3, -0.25) is 5.10 Å². The van der Waals surface area contributed by atoms with Crippen molar-refractivity contribution in [1.29, 1.82) is 0 Å². The lowest BCUT2D eigenvalue weighted by atomic mass is 10.2. The number of aromatic amines is 2. The normalized spacial score (nSPS) is 16.5. The van der Waals surface area contributed by atoms with Gasteiger partial charge in [0.05, 0.1) is 22.9 Å². The second kappa shape index (κ2) is 5.03. The molecule has 0 aliphatic carbocycles. The maximum Gasteiger partial charge on any atom is 0.158 e. The van der Waals surface area contributed by atoms with Gasteiger partial charge in [0.15, 0.2) is 5.82 Å². The average Bonchev–Trinajstić information content (AvgIpc) is 3.12. The van der Waals surface area contributed by atoms with Crippen LogP contribution in [0.25, 0.3) is 22.6 Å². The molecule has 1 saturated heterocycles. The largest absolute Gasteiger partial charge is 0.396 e. The summed E-state index contributed by atoms with van der Waals surface area (Å²) in [6.07, 6.45) is 1.60. The Morgan fingerprint density at radius 3 is 2.73 bits per heavy atom. The molecule has 0 spiro atoms. The predicted octanol–water partition coefficient (Wildman–Crippen LogP) is 1.29. The summed E-state index contributed by atoms with van der Waals surface area (Å²) in [5, 5.41) is 6.82. The summed E-state index contributed by atoms with van der Waals surface area (Å²) in [6.45, 7) is 4.29. The van der Waals surface area contributed by atoms with Gasteiger partial charge in [-0.15, -0.1) is 0 Å². The van der Waals surface area contributed by atoms with E-state index in [2.05, 4.69) is 55.2 Å². The van der Waals surface area contributed by atoms with Crippen LogP contribution in [0.4, 0.5) is 11.4 Å². The quantitative estimate of drug-likeness (QED) is 0.663. The Morgan fingerprint density at radius 2 is 2.00 bits per heavy atom. The Balaban J connectivity index is 1.68. The minimum atomic E-state index is 0.596. The number of imidazole rings is 1. The molecule has 0 saturated carbocycles. The number of nitrogen functional groups attached to an aromatic ring is 1. The van der Waals surface area contributed by atoms with Gasteiger partial charge in [0.25, 0.3) is 0 Å². The van der Waals surface area contributed by atoms with E-state index in [0.29, 0.717) is 5.69 Å². The molecule has 0 bridgehead atoms. The van der Waals surface area contributed by atoms with Gasteiger partial charge in [0.1, 0.15) is 5.69 Å². The Kier molecular flexibility index (Phi) is 3.00. The summed E-state index contributed by atoms with van der Waals surface area (Å²) in [7, 11) is 2.16. The van der Waals surface area contributed by atoms with E-state index in [9.17, 15) is 0 Å². The van der Waals surface area contributed by atoms with Crippen LogP contribution in [-0.2, 0) is 0 Å². The van der Waals surface area contributed by atoms with Crippen molar-refractivity contribution < 1.29 is 0 Å². The molecule has 22 heavy (non-hydrogen) atoms. The predicted molar refractivity (Wildman–Crippen MR) is 87.8 cm³/mol. The Bertz CT molecular complexity index is 795. The zero-order valence-corrected chi connectivity index (χ0v) is 12.5. The molecule has 114 valence electrons. The standard InChI is InChI=1S/C15H19N7/c1-21-4-6-22(7-5-21)10-2-3-12-13(8-10)19-15(18-12)14-11(16)9-17-20-14/h2-3,8-9H,4-7,16H2,1H3,(H,17,20)(H,18,19). The number of nitrogens with zero attached hydrogens (tertiary/aromatic N) is 4. The summed E-state index contributed by atoms with van der Waals surface area (Å²) in [5.74, 6) is 0.723. The fourth-order valence-corrected chi connectivity index (χ4v) is 2.86. The molecule has 1 aromatic carbocycles. The molecule has 7 heteroatoms. The van der Waals surface area contributed by atoms with Crippen molar-refractivity contribution in [2.75, 3.05) is 43.9 Å². The van der Waals surface area contributed by atoms with Crippen molar-refractivity contribution in [3.05, 3.63) is 24.4 Å². The minimum Gasteiger partial charge on any atom is -0.396 e. The average molecular weight is 297 g/mol. The van der Waals surface area contributed by atoms with E-state index in [1.165, 1.54) is 5.69 Å². The molecule has 1 fully saturated rings. The molecule has 7 nitrogen and oxygen atoms in total. The SMILES string of the molecule is CN1CCN(c2ccc3nc(-c4[nH]ncc4N)[nH]c3c2)CC1. The highest BCUT2D eigenvalue weighted by molar-refractivity contribution is 5.84. The van der Waals surface area contributed by atoms with Gasteiger partial charge in [-0.05, 0) is 25.2 Å². The third kappa shape index (κ3) is 2.19. The highest BCUT2D eigenvalue weighted by Gasteiger charge is 2.16. The number of nitrogens with one attached hydrogen (secondary N) is 2. The van der Waals surface area contributed by atoms with Crippen LogP contribution in [0.5, 0.6) is 0 Å². The lowest BCUT2D eigenvalue weighted by Crippen LogP contribution is -2.44. The van der Waals surface area contributed by atoms with E-state index >= 15 is 0 Å². The second-order valence-electron chi connectivity index (χ2n) is 5.78. The number of fused-ring (bicyclic) bond motifs is 1. The number of hydrogen-bond donors (Lipinski definition) is 3. The van der Waals surface area contributed by atoms with Crippen molar-refractivity contribution in [3.63, 3.8) is 0 Å². The van der Waals surface area contributed by atoms with Crippen LogP contribution in [0.15, 0.2) is 24.4 Å². The van der Waals surface area contributed by atoms with Crippen LogP contribution in [0.1, 0.15) is 0 Å². The topological polar surface area (TPSA) is 89.9 Å². The minimum absolute atomic E-state index is 0.596. The molecule has 1 aliphatic rings. The van der Waals surface area contributed by atoms with E-state index in [0.717, 1.165) is 48.7 Å². The molecule has 3 heterocycles. The lowest BCUT2D eigenvalue weighted by Gasteiger charge is -2.34. The number of benzene rings is 1. The Labute approximate surface area is 128 Å². The molecular weight excluding hydrogens is 278 g/mol. The van der Waals surface area contributed by atoms with Gasteiger partial charge in [0.2, 0.25) is 0 Å². The first-order valence-corrected chi connectivity index (χ1v) is 7.43. The summed E-state index contributed by atoms with van der Waals surface area (Å²) < 4.78 is 0. The van der Waals surface area contributed by atoms with Gasteiger partial charge in [-0.2, -0.15) is 5.10 Å². The maximum absolute atomic E-state index is 5.89. The number of anilines is 2. The molecule has 4 rings (SSSR count). The van der Waals surface area contributed by atoms with Crippen molar-refractivity contribution in [1.82, 2.24) is 25.1 Å². The van der Waals surface area contributed by atoms with E-state index < -0.39 is 0 Å². The number of aromatic nitrogens is 4. The van der Waals surface area contributed by atoms with Crippen LogP contribution in [0.2, 0.25) is 0 Å². The third-order valence-corrected chi connectivity index (χ3v) is 4.24. The van der Waals surface area contributed by atoms with Gasteiger partial charge in [0, 0.05) is 31.9 Å². The number of hydrogen-bond acceptors (Lipinski definition) is 5. The summed E-state index contributed by atoms with van der Waals surface area (Å²) in [5.41, 5.74) is 10.4. The van der Waals surface area contributed by atoms with Crippen molar-refractivity contribution in [3.8, 4) is 11.5 Å². The zero-order valence-electron chi connectivity index (χ0n) is 12.5. The Morgan fingerprint density at radius 1 is 1.18 bits per heavy atom. The number of H-pyrrole nitrogens is 2. The van der Waals surface area contributed by atoms with Gasteiger partial charge in [-0.1, -0.05) is 0 Å². The molecule has 0 amide bonds. The van der Waals surface area contributed by atoms with Crippen molar-refractivity contribution in [2.24, 2.45) is 0 Å². The summed E-state index contributed by atoms with van der Waals surface area (Å²) in [4.78, 5) is 12.7. The number of piperazine rings is 1. The molecule has 1 aliphatic heterocycles. The first-order chi connectivity index (χ1) is 10.7. The van der Waals surface area contributed by atoms with Gasteiger partial charge < -0.3 is 20.5 Å². The summed E-state index contributed by atoms with van der Waals surface area (Å²) >= 11 is 0. The number of likely N-dealkylation sites (N-methyl/N-ethyl adjacent to an activating group) is 1. The van der Waals surface area contributed by atoms with Crippen LogP contribution in [-0.4, -0.2) is 58.3 Å². The van der Waals surface area contributed by atoms with E-state index in [1.54, 1.807) is 6.20 Å². The molecule has 4 N–H and O–H groups in total. The highest BCUT2D eigenvalue weighted by atomic mass is 15.2. The maximum atomic E-state index is 5.89. The van der Waals surface area contributed by atoms with Crippen LogP contribution < -0.4 is 10.6 Å². The zero-order chi connectivity index (χ0) is 15.1. The van der Waals surface area contributed by atoms with E-state index in [1.807, 2.05) is 0 Å². The Hall–Kier alpha value is -2.54.